The SMILES string of the molecule is CC/C=C\C/C=C\C/C=C\C/C=C\CCCCCCCCC(=O)NC(COC1OC(CO)C(O)C(O)C1O)C(O)/C=C/CCCCCCCCCCCCCCCCCCCCCCCCCCC. The molecule has 402 valence electrons. The quantitative estimate of drug-likeness (QED) is 0.0261. The van der Waals surface area contributed by atoms with Crippen LogP contribution in [0.15, 0.2) is 60.8 Å². The molecule has 0 bridgehead atoms. The standard InChI is InChI=1S/C60H109NO8/c1-3-5-7-9-11-13-15-17-19-21-23-24-25-26-27-28-29-30-32-33-35-37-39-41-43-45-47-49-54(63)53(52-68-60-59(67)58(66)57(65)55(51-62)69-60)61-56(64)50-48-46-44-42-40-38-36-34-31-22-20-18-16-14-12-10-8-6-4-2/h6,8,12,14,18,20,31,34,47,49,53-55,57-60,62-63,65-67H,3-5,7,9-11,13,15-17,19,21-30,32-33,35-46,48,50-52H2,1-2H3,(H,61,64)/b8-6-,14-12-,20-18-,34-31-,49-47+. The number of amides is 1. The van der Waals surface area contributed by atoms with Crippen molar-refractivity contribution in [2.24, 2.45) is 0 Å². The lowest BCUT2D eigenvalue weighted by atomic mass is 9.99. The molecule has 69 heavy (non-hydrogen) atoms. The minimum absolute atomic E-state index is 0.190. The van der Waals surface area contributed by atoms with Gasteiger partial charge in [-0.15, -0.1) is 0 Å². The monoisotopic (exact) mass is 972 g/mol. The lowest BCUT2D eigenvalue weighted by molar-refractivity contribution is -0.302. The third kappa shape index (κ3) is 39.1. The van der Waals surface area contributed by atoms with Gasteiger partial charge in [0, 0.05) is 6.42 Å². The number of allylic oxidation sites excluding steroid dienone is 9. The van der Waals surface area contributed by atoms with E-state index >= 15 is 0 Å². The third-order valence-corrected chi connectivity index (χ3v) is 13.6. The molecule has 9 nitrogen and oxygen atoms in total. The fourth-order valence-electron chi connectivity index (χ4n) is 9.03. The summed E-state index contributed by atoms with van der Waals surface area (Å²) < 4.78 is 11.3. The molecule has 0 aromatic rings. The fraction of sp³-hybridized carbons (Fsp3) is 0.817. The highest BCUT2D eigenvalue weighted by Gasteiger charge is 2.44. The molecule has 1 aliphatic heterocycles. The first-order valence-corrected chi connectivity index (χ1v) is 29.0. The molecule has 0 aromatic heterocycles. The van der Waals surface area contributed by atoms with Gasteiger partial charge in [-0.2, -0.15) is 0 Å². The molecule has 1 aliphatic rings. The number of hydrogen-bond donors (Lipinski definition) is 6. The number of rotatable bonds is 49. The number of hydrogen-bond acceptors (Lipinski definition) is 8. The van der Waals surface area contributed by atoms with E-state index in [4.69, 9.17) is 9.47 Å². The van der Waals surface area contributed by atoms with Gasteiger partial charge >= 0.3 is 0 Å². The Bertz CT molecular complexity index is 1270. The molecule has 1 saturated heterocycles. The number of aliphatic hydroxyl groups excluding tert-OH is 5. The number of carbonyl (C=O) groups is 1. The van der Waals surface area contributed by atoms with Gasteiger partial charge in [-0.3, -0.25) is 4.79 Å². The van der Waals surface area contributed by atoms with Gasteiger partial charge in [-0.05, 0) is 57.8 Å². The molecule has 0 aliphatic carbocycles. The van der Waals surface area contributed by atoms with Crippen LogP contribution in [0.1, 0.15) is 258 Å². The first-order chi connectivity index (χ1) is 33.8. The van der Waals surface area contributed by atoms with Gasteiger partial charge in [0.1, 0.15) is 24.4 Å². The van der Waals surface area contributed by atoms with Crippen molar-refractivity contribution in [1.82, 2.24) is 5.32 Å². The molecule has 0 spiro atoms. The van der Waals surface area contributed by atoms with Crippen molar-refractivity contribution in [1.29, 1.82) is 0 Å². The predicted molar refractivity (Wildman–Crippen MR) is 290 cm³/mol. The van der Waals surface area contributed by atoms with Gasteiger partial charge in [0.25, 0.3) is 0 Å². The van der Waals surface area contributed by atoms with Gasteiger partial charge < -0.3 is 40.3 Å². The minimum Gasteiger partial charge on any atom is -0.394 e. The van der Waals surface area contributed by atoms with Gasteiger partial charge in [0.15, 0.2) is 6.29 Å². The Labute approximate surface area is 424 Å². The Morgan fingerprint density at radius 1 is 0.507 bits per heavy atom. The first-order valence-electron chi connectivity index (χ1n) is 29.0. The van der Waals surface area contributed by atoms with Gasteiger partial charge in [0.2, 0.25) is 5.91 Å². The summed E-state index contributed by atoms with van der Waals surface area (Å²) in [5, 5.41) is 54.5. The lowest BCUT2D eigenvalue weighted by Crippen LogP contribution is -2.60. The van der Waals surface area contributed by atoms with Crippen molar-refractivity contribution in [3.8, 4) is 0 Å². The molecule has 1 rings (SSSR count). The average Bonchev–Trinajstić information content (AvgIpc) is 3.35. The van der Waals surface area contributed by atoms with E-state index in [0.717, 1.165) is 83.5 Å². The van der Waals surface area contributed by atoms with Crippen molar-refractivity contribution in [3.05, 3.63) is 60.8 Å². The van der Waals surface area contributed by atoms with Crippen LogP contribution in [0.3, 0.4) is 0 Å². The molecule has 1 heterocycles. The highest BCUT2D eigenvalue weighted by Crippen LogP contribution is 2.23. The third-order valence-electron chi connectivity index (χ3n) is 13.6. The Hall–Kier alpha value is -2.11. The molecule has 0 saturated carbocycles. The molecule has 9 heteroatoms. The van der Waals surface area contributed by atoms with Crippen LogP contribution in [0.2, 0.25) is 0 Å². The summed E-state index contributed by atoms with van der Waals surface area (Å²) >= 11 is 0. The van der Waals surface area contributed by atoms with E-state index in [-0.39, 0.29) is 12.5 Å². The molecule has 1 fully saturated rings. The van der Waals surface area contributed by atoms with Gasteiger partial charge in [-0.1, -0.05) is 254 Å². The zero-order valence-electron chi connectivity index (χ0n) is 44.6. The molecular weight excluding hydrogens is 863 g/mol. The van der Waals surface area contributed by atoms with Gasteiger partial charge in [0.05, 0.1) is 25.4 Å². The Morgan fingerprint density at radius 2 is 0.899 bits per heavy atom. The second-order valence-electron chi connectivity index (χ2n) is 20.1. The van der Waals surface area contributed by atoms with Crippen molar-refractivity contribution >= 4 is 5.91 Å². The lowest BCUT2D eigenvalue weighted by Gasteiger charge is -2.40. The highest BCUT2D eigenvalue weighted by molar-refractivity contribution is 5.76. The molecular formula is C60H109NO8. The maximum absolute atomic E-state index is 13.0. The normalized spacial score (nSPS) is 19.9. The first kappa shape index (κ1) is 64.9. The summed E-state index contributed by atoms with van der Waals surface area (Å²) in [4.78, 5) is 13.0. The van der Waals surface area contributed by atoms with Crippen LogP contribution in [0, 0.1) is 0 Å². The van der Waals surface area contributed by atoms with Crippen LogP contribution in [-0.4, -0.2) is 87.5 Å². The van der Waals surface area contributed by atoms with E-state index < -0.39 is 49.5 Å². The second-order valence-corrected chi connectivity index (χ2v) is 20.1. The van der Waals surface area contributed by atoms with Crippen LogP contribution < -0.4 is 5.32 Å². The number of nitrogens with one attached hydrogen (secondary N) is 1. The summed E-state index contributed by atoms with van der Waals surface area (Å²) in [5.41, 5.74) is 0. The zero-order chi connectivity index (χ0) is 50.1. The number of carbonyl (C=O) groups excluding carboxylic acids is 1. The topological polar surface area (TPSA) is 149 Å². The van der Waals surface area contributed by atoms with E-state index in [1.807, 2.05) is 6.08 Å². The summed E-state index contributed by atoms with van der Waals surface area (Å²) in [7, 11) is 0. The molecule has 0 radical (unpaired) electrons. The molecule has 1 amide bonds. The van der Waals surface area contributed by atoms with E-state index in [1.165, 1.54) is 154 Å². The van der Waals surface area contributed by atoms with Crippen LogP contribution in [-0.2, 0) is 14.3 Å². The predicted octanol–water partition coefficient (Wildman–Crippen LogP) is 14.3. The van der Waals surface area contributed by atoms with Crippen molar-refractivity contribution in [2.75, 3.05) is 13.2 Å². The number of unbranched alkanes of at least 4 members (excludes halogenated alkanes) is 31. The average molecular weight is 973 g/mol. The van der Waals surface area contributed by atoms with Gasteiger partial charge in [-0.25, -0.2) is 0 Å². The van der Waals surface area contributed by atoms with Crippen LogP contribution in [0.4, 0.5) is 0 Å². The van der Waals surface area contributed by atoms with E-state index in [1.54, 1.807) is 6.08 Å². The maximum atomic E-state index is 13.0. The van der Waals surface area contributed by atoms with E-state index in [0.29, 0.717) is 6.42 Å². The Balaban J connectivity index is 2.23. The summed E-state index contributed by atoms with van der Waals surface area (Å²) in [6.45, 7) is 3.68. The molecule has 6 N–H and O–H groups in total. The zero-order valence-corrected chi connectivity index (χ0v) is 44.6. The second kappa shape index (κ2) is 49.5. The van der Waals surface area contributed by atoms with Crippen molar-refractivity contribution < 1.29 is 39.8 Å². The van der Waals surface area contributed by atoms with Crippen LogP contribution in [0.5, 0.6) is 0 Å². The summed E-state index contributed by atoms with van der Waals surface area (Å²) in [6, 6.07) is -0.816. The fourth-order valence-corrected chi connectivity index (χ4v) is 9.03. The number of aliphatic hydroxyl groups is 5. The number of ether oxygens (including phenoxy) is 2. The summed E-state index contributed by atoms with van der Waals surface area (Å²) in [6.07, 6.45) is 60.0. The van der Waals surface area contributed by atoms with E-state index in [2.05, 4.69) is 67.8 Å². The Kier molecular flexibility index (Phi) is 46.5. The Morgan fingerprint density at radius 3 is 1.33 bits per heavy atom. The molecule has 0 aromatic carbocycles. The van der Waals surface area contributed by atoms with E-state index in [9.17, 15) is 30.3 Å². The smallest absolute Gasteiger partial charge is 0.220 e. The molecule has 7 atom stereocenters. The van der Waals surface area contributed by atoms with Crippen LogP contribution in [0.25, 0.3) is 0 Å². The molecule has 7 unspecified atom stereocenters. The minimum atomic E-state index is -1.57. The maximum Gasteiger partial charge on any atom is 0.220 e. The summed E-state index contributed by atoms with van der Waals surface area (Å²) in [5.74, 6) is -0.190. The highest BCUT2D eigenvalue weighted by atomic mass is 16.7. The largest absolute Gasteiger partial charge is 0.394 e. The van der Waals surface area contributed by atoms with Crippen molar-refractivity contribution in [2.45, 2.75) is 301 Å². The van der Waals surface area contributed by atoms with Crippen molar-refractivity contribution in [3.63, 3.8) is 0 Å². The van der Waals surface area contributed by atoms with Crippen LogP contribution >= 0.6 is 0 Å².